The van der Waals surface area contributed by atoms with Crippen LogP contribution in [0.2, 0.25) is 0 Å². The molecule has 7 rings (SSSR count). The lowest BCUT2D eigenvalue weighted by atomic mass is 9.48. The van der Waals surface area contributed by atoms with Gasteiger partial charge in [0.25, 0.3) is 5.91 Å². The molecule has 0 spiro atoms. The number of aryl methyl sites for hydroxylation is 1. The Bertz CT molecular complexity index is 1910. The smallest absolute Gasteiger partial charge is 0.255 e. The minimum atomic E-state index is -0.499. The largest absolute Gasteiger partial charge is 0.484 e. The van der Waals surface area contributed by atoms with Gasteiger partial charge in [-0.2, -0.15) is 0 Å². The molecular formula is C41H45N3O2. The van der Waals surface area contributed by atoms with E-state index in [9.17, 15) is 4.79 Å². The molecule has 0 saturated heterocycles. The second-order valence-corrected chi connectivity index (χ2v) is 14.5. The second-order valence-electron chi connectivity index (χ2n) is 14.5. The van der Waals surface area contributed by atoms with Gasteiger partial charge in [0.15, 0.2) is 6.61 Å². The number of carbonyl (C=O) groups is 1. The Balaban J connectivity index is 1.31. The molecule has 1 heterocycles. The minimum absolute atomic E-state index is 0.126. The highest BCUT2D eigenvalue weighted by molar-refractivity contribution is 5.89. The molecule has 1 saturated carbocycles. The molecule has 0 bridgehead atoms. The summed E-state index contributed by atoms with van der Waals surface area (Å²) in [5.41, 5.74) is 17.0. The van der Waals surface area contributed by atoms with Crippen molar-refractivity contribution in [2.45, 2.75) is 77.6 Å². The third-order valence-electron chi connectivity index (χ3n) is 11.1. The third kappa shape index (κ3) is 5.40. The molecular weight excluding hydrogens is 566 g/mol. The van der Waals surface area contributed by atoms with E-state index in [4.69, 9.17) is 15.5 Å². The highest BCUT2D eigenvalue weighted by atomic mass is 16.5. The first-order chi connectivity index (χ1) is 22.1. The van der Waals surface area contributed by atoms with Crippen LogP contribution in [0, 0.1) is 11.3 Å². The van der Waals surface area contributed by atoms with Crippen molar-refractivity contribution in [3.63, 3.8) is 0 Å². The van der Waals surface area contributed by atoms with E-state index >= 15 is 0 Å². The van der Waals surface area contributed by atoms with Crippen LogP contribution in [0.1, 0.15) is 81.5 Å². The molecule has 5 nitrogen and oxygen atoms in total. The molecule has 2 aliphatic rings. The zero-order valence-corrected chi connectivity index (χ0v) is 27.5. The van der Waals surface area contributed by atoms with Crippen molar-refractivity contribution in [1.29, 1.82) is 0 Å². The van der Waals surface area contributed by atoms with Crippen LogP contribution in [-0.2, 0) is 23.1 Å². The summed E-state index contributed by atoms with van der Waals surface area (Å²) in [4.78, 5) is 20.2. The van der Waals surface area contributed by atoms with E-state index in [2.05, 4.69) is 93.3 Å². The number of benzene rings is 4. The molecule has 4 aromatic carbocycles. The van der Waals surface area contributed by atoms with Crippen LogP contribution in [0.3, 0.4) is 0 Å². The van der Waals surface area contributed by atoms with Gasteiger partial charge < -0.3 is 15.5 Å². The van der Waals surface area contributed by atoms with Gasteiger partial charge >= 0.3 is 0 Å². The van der Waals surface area contributed by atoms with Crippen molar-refractivity contribution in [3.05, 3.63) is 107 Å². The van der Waals surface area contributed by atoms with Crippen molar-refractivity contribution in [3.8, 4) is 28.3 Å². The summed E-state index contributed by atoms with van der Waals surface area (Å²) >= 11 is 0. The fourth-order valence-electron chi connectivity index (χ4n) is 8.84. The molecule has 1 amide bonds. The number of ether oxygens (including phenoxy) is 1. The molecule has 5 aromatic rings. The zero-order chi connectivity index (χ0) is 32.1. The third-order valence-corrected chi connectivity index (χ3v) is 11.1. The van der Waals surface area contributed by atoms with Gasteiger partial charge in [-0.25, -0.2) is 4.98 Å². The number of carbonyl (C=O) groups excluding carboxylic acids is 1. The van der Waals surface area contributed by atoms with Crippen molar-refractivity contribution < 1.29 is 9.53 Å². The number of aromatic amines is 1. The molecule has 3 N–H and O–H groups in total. The second kappa shape index (κ2) is 11.8. The SMILES string of the molecule is CC(C)c1ccc2c(c1)CC[C@H]1[C@@](C)(Cc3c(-c4ccccc4)ccc4[nH]c(-c5cccc(OCC(N)=O)c5)nc34)CCC[C@]21C. The fraction of sp³-hybridized carbons (Fsp3) is 0.366. The van der Waals surface area contributed by atoms with Gasteiger partial charge in [-0.3, -0.25) is 4.79 Å². The van der Waals surface area contributed by atoms with E-state index in [1.807, 2.05) is 24.3 Å². The zero-order valence-electron chi connectivity index (χ0n) is 27.5. The van der Waals surface area contributed by atoms with E-state index in [-0.39, 0.29) is 17.4 Å². The molecule has 1 fully saturated rings. The molecule has 0 radical (unpaired) electrons. The number of primary amides is 1. The van der Waals surface area contributed by atoms with Gasteiger partial charge in [0, 0.05) is 5.56 Å². The summed E-state index contributed by atoms with van der Waals surface area (Å²) in [6.45, 7) is 9.56. The van der Waals surface area contributed by atoms with Crippen LogP contribution in [0.15, 0.2) is 84.9 Å². The van der Waals surface area contributed by atoms with E-state index < -0.39 is 5.91 Å². The van der Waals surface area contributed by atoms with Crippen LogP contribution < -0.4 is 10.5 Å². The number of H-pyrrole nitrogens is 1. The molecule has 0 aliphatic heterocycles. The Morgan fingerprint density at radius 2 is 1.78 bits per heavy atom. The number of nitrogens with two attached hydrogens (primary N) is 1. The lowest BCUT2D eigenvalue weighted by molar-refractivity contribution is -0.119. The molecule has 0 unspecified atom stereocenters. The Morgan fingerprint density at radius 3 is 2.57 bits per heavy atom. The minimum Gasteiger partial charge on any atom is -0.484 e. The maximum absolute atomic E-state index is 11.3. The van der Waals surface area contributed by atoms with Crippen LogP contribution in [-0.4, -0.2) is 22.5 Å². The number of hydrogen-bond acceptors (Lipinski definition) is 3. The van der Waals surface area contributed by atoms with Gasteiger partial charge in [0.1, 0.15) is 11.6 Å². The number of nitrogens with zero attached hydrogens (tertiary/aromatic N) is 1. The first-order valence-electron chi connectivity index (χ1n) is 16.9. The normalized spacial score (nSPS) is 22.4. The number of aromatic nitrogens is 2. The number of nitrogens with one attached hydrogen (secondary N) is 1. The van der Waals surface area contributed by atoms with E-state index in [1.165, 1.54) is 47.9 Å². The number of imidazole rings is 1. The van der Waals surface area contributed by atoms with E-state index in [0.29, 0.717) is 17.6 Å². The fourth-order valence-corrected chi connectivity index (χ4v) is 8.84. The number of rotatable bonds is 8. The maximum Gasteiger partial charge on any atom is 0.255 e. The molecule has 2 aliphatic carbocycles. The highest BCUT2D eigenvalue weighted by Gasteiger charge is 2.51. The summed E-state index contributed by atoms with van der Waals surface area (Å²) in [5, 5.41) is 0. The molecule has 5 heteroatoms. The monoisotopic (exact) mass is 611 g/mol. The summed E-state index contributed by atoms with van der Waals surface area (Å²) in [6, 6.07) is 30.3. The van der Waals surface area contributed by atoms with Crippen molar-refractivity contribution >= 4 is 16.9 Å². The molecule has 1 aromatic heterocycles. The summed E-state index contributed by atoms with van der Waals surface area (Å²) in [7, 11) is 0. The number of amides is 1. The predicted molar refractivity (Wildman–Crippen MR) is 187 cm³/mol. The molecule has 46 heavy (non-hydrogen) atoms. The Morgan fingerprint density at radius 1 is 0.978 bits per heavy atom. The van der Waals surface area contributed by atoms with E-state index in [0.717, 1.165) is 35.3 Å². The predicted octanol–water partition coefficient (Wildman–Crippen LogP) is 9.14. The lowest BCUT2D eigenvalue weighted by Gasteiger charge is -2.56. The number of hydrogen-bond donors (Lipinski definition) is 2. The van der Waals surface area contributed by atoms with Crippen molar-refractivity contribution in [2.75, 3.05) is 6.61 Å². The quantitative estimate of drug-likeness (QED) is 0.184. The van der Waals surface area contributed by atoms with Gasteiger partial charge in [-0.1, -0.05) is 101 Å². The summed E-state index contributed by atoms with van der Waals surface area (Å²) in [6.07, 6.45) is 7.05. The van der Waals surface area contributed by atoms with Gasteiger partial charge in [0.05, 0.1) is 11.0 Å². The average molecular weight is 612 g/mol. The molecule has 236 valence electrons. The van der Waals surface area contributed by atoms with Crippen molar-refractivity contribution in [2.24, 2.45) is 17.1 Å². The Labute approximate surface area is 272 Å². The Kier molecular flexibility index (Phi) is 7.75. The highest BCUT2D eigenvalue weighted by Crippen LogP contribution is 2.59. The molecule has 3 atom stereocenters. The topological polar surface area (TPSA) is 81.0 Å². The maximum atomic E-state index is 11.3. The lowest BCUT2D eigenvalue weighted by Crippen LogP contribution is -2.50. The Hall–Kier alpha value is -4.38. The standard InChI is InChI=1S/C41H45N3O2/c1-26(2)28-14-17-34-29(22-28)15-19-36-40(3,20-9-21-41(34,36)4)24-33-32(27-10-6-5-7-11-27)16-18-35-38(33)44-39(43-35)30-12-8-13-31(23-30)46-25-37(42)45/h5-8,10-14,16-18,22-23,26,36H,9,15,19-21,24-25H2,1-4H3,(H2,42,45)(H,43,44)/t36-,40+,41+/m0/s1. The van der Waals surface area contributed by atoms with Crippen LogP contribution in [0.4, 0.5) is 0 Å². The van der Waals surface area contributed by atoms with Gasteiger partial charge in [-0.15, -0.1) is 0 Å². The van der Waals surface area contributed by atoms with E-state index in [1.54, 1.807) is 11.1 Å². The number of fused-ring (bicyclic) bond motifs is 4. The van der Waals surface area contributed by atoms with Crippen molar-refractivity contribution in [1.82, 2.24) is 9.97 Å². The first kappa shape index (κ1) is 30.3. The summed E-state index contributed by atoms with van der Waals surface area (Å²) < 4.78 is 5.60. The van der Waals surface area contributed by atoms with Gasteiger partial charge in [0.2, 0.25) is 0 Å². The van der Waals surface area contributed by atoms with Crippen LogP contribution >= 0.6 is 0 Å². The van der Waals surface area contributed by atoms with Crippen LogP contribution in [0.5, 0.6) is 5.75 Å². The first-order valence-corrected chi connectivity index (χ1v) is 16.9. The average Bonchev–Trinajstić information content (AvgIpc) is 3.49. The summed E-state index contributed by atoms with van der Waals surface area (Å²) in [5.74, 6) is 2.02. The van der Waals surface area contributed by atoms with Gasteiger partial charge in [-0.05, 0) is 106 Å². The van der Waals surface area contributed by atoms with Crippen LogP contribution in [0.25, 0.3) is 33.5 Å².